The van der Waals surface area contributed by atoms with Crippen molar-refractivity contribution in [2.24, 2.45) is 0 Å². The predicted octanol–water partition coefficient (Wildman–Crippen LogP) is 2.89. The lowest BCUT2D eigenvalue weighted by atomic mass is 10.1. The van der Waals surface area contributed by atoms with Gasteiger partial charge < -0.3 is 14.5 Å². The molecule has 1 unspecified atom stereocenters. The maximum atomic E-state index is 13.2. The number of nitrogens with zero attached hydrogens (tertiary/aromatic N) is 3. The van der Waals surface area contributed by atoms with Crippen molar-refractivity contribution in [2.75, 3.05) is 13.7 Å². The fourth-order valence-electron chi connectivity index (χ4n) is 4.04. The molecular formula is C24H22N4O5S. The van der Waals surface area contributed by atoms with Gasteiger partial charge in [0.05, 0.1) is 52.9 Å². The van der Waals surface area contributed by atoms with E-state index >= 15 is 0 Å². The number of para-hydroxylation sites is 1. The molecule has 1 N–H and O–H groups in total. The Bertz CT molecular complexity index is 1510. The van der Waals surface area contributed by atoms with Gasteiger partial charge in [0.1, 0.15) is 5.82 Å². The number of fused-ring (bicyclic) bond motifs is 2. The number of aromatic nitrogens is 4. The number of nitrogens with one attached hydrogen (secondary N) is 1. The maximum Gasteiger partial charge on any atom is 0.337 e. The number of hydrogen-bond donors (Lipinski definition) is 1. The second-order valence-electron chi connectivity index (χ2n) is 7.99. The molecule has 0 bridgehead atoms. The van der Waals surface area contributed by atoms with E-state index < -0.39 is 5.97 Å². The highest BCUT2D eigenvalue weighted by molar-refractivity contribution is 7.98. The topological polar surface area (TPSA) is 116 Å². The molecule has 1 aliphatic rings. The molecule has 10 heteroatoms. The van der Waals surface area contributed by atoms with E-state index in [4.69, 9.17) is 14.5 Å². The molecule has 0 spiro atoms. The number of benzene rings is 2. The number of esters is 1. The van der Waals surface area contributed by atoms with Gasteiger partial charge in [-0.3, -0.25) is 14.2 Å². The smallest absolute Gasteiger partial charge is 0.337 e. The van der Waals surface area contributed by atoms with Crippen LogP contribution in [0.4, 0.5) is 0 Å². The highest BCUT2D eigenvalue weighted by Crippen LogP contribution is 2.23. The van der Waals surface area contributed by atoms with Crippen molar-refractivity contribution in [1.29, 1.82) is 0 Å². The molecule has 0 aliphatic carbocycles. The van der Waals surface area contributed by atoms with E-state index in [9.17, 15) is 14.4 Å². The lowest BCUT2D eigenvalue weighted by Gasteiger charge is -2.16. The van der Waals surface area contributed by atoms with Crippen molar-refractivity contribution in [3.63, 3.8) is 0 Å². The molecule has 0 saturated carbocycles. The fourth-order valence-corrected chi connectivity index (χ4v) is 4.92. The summed E-state index contributed by atoms with van der Waals surface area (Å²) in [5.41, 5.74) is 0.895. The Morgan fingerprint density at radius 3 is 2.82 bits per heavy atom. The van der Waals surface area contributed by atoms with Gasteiger partial charge in [0.15, 0.2) is 5.16 Å². The van der Waals surface area contributed by atoms with E-state index in [0.29, 0.717) is 51.5 Å². The number of H-pyrrole nitrogens is 1. The minimum atomic E-state index is -0.501. The van der Waals surface area contributed by atoms with Crippen LogP contribution in [0.25, 0.3) is 21.8 Å². The summed E-state index contributed by atoms with van der Waals surface area (Å²) in [5, 5.41) is 1.46. The monoisotopic (exact) mass is 478 g/mol. The number of methoxy groups -OCH3 is 1. The molecule has 2 aromatic heterocycles. The number of thioether (sulfide) groups is 1. The normalized spacial score (nSPS) is 15.7. The molecule has 174 valence electrons. The van der Waals surface area contributed by atoms with Crippen molar-refractivity contribution in [1.82, 2.24) is 19.5 Å². The molecule has 9 nitrogen and oxygen atoms in total. The molecule has 2 aromatic carbocycles. The van der Waals surface area contributed by atoms with Crippen LogP contribution < -0.4 is 11.1 Å². The highest BCUT2D eigenvalue weighted by atomic mass is 32.2. The van der Waals surface area contributed by atoms with Crippen LogP contribution >= 0.6 is 11.8 Å². The molecule has 4 aromatic rings. The van der Waals surface area contributed by atoms with Gasteiger partial charge in [-0.05, 0) is 43.2 Å². The van der Waals surface area contributed by atoms with Gasteiger partial charge in [-0.2, -0.15) is 0 Å². The molecule has 1 aliphatic heterocycles. The molecule has 0 radical (unpaired) electrons. The van der Waals surface area contributed by atoms with Crippen molar-refractivity contribution in [3.8, 4) is 0 Å². The summed E-state index contributed by atoms with van der Waals surface area (Å²) in [5.74, 6) is 0.193. The number of carbonyl (C=O) groups is 1. The lowest BCUT2D eigenvalue weighted by Crippen LogP contribution is -2.28. The summed E-state index contributed by atoms with van der Waals surface area (Å²) in [7, 11) is 1.30. The first-order chi connectivity index (χ1) is 16.5. The first-order valence-electron chi connectivity index (χ1n) is 10.9. The Hall–Kier alpha value is -3.50. The Labute approximate surface area is 198 Å². The van der Waals surface area contributed by atoms with E-state index in [-0.39, 0.29) is 23.0 Å². The van der Waals surface area contributed by atoms with Crippen LogP contribution in [-0.4, -0.2) is 45.3 Å². The molecule has 5 rings (SSSR count). The molecule has 0 amide bonds. The number of aromatic amines is 1. The zero-order valence-electron chi connectivity index (χ0n) is 18.4. The quantitative estimate of drug-likeness (QED) is 0.255. The molecule has 1 fully saturated rings. The Morgan fingerprint density at radius 1 is 1.18 bits per heavy atom. The highest BCUT2D eigenvalue weighted by Gasteiger charge is 2.20. The minimum absolute atomic E-state index is 0.0321. The number of ether oxygens (including phenoxy) is 2. The third-order valence-electron chi connectivity index (χ3n) is 5.75. The third kappa shape index (κ3) is 4.34. The number of carbonyl (C=O) groups excluding carboxylic acids is 1. The molecule has 34 heavy (non-hydrogen) atoms. The second kappa shape index (κ2) is 9.40. The molecular weight excluding hydrogens is 456 g/mol. The van der Waals surface area contributed by atoms with Gasteiger partial charge in [0, 0.05) is 6.61 Å². The average molecular weight is 479 g/mol. The number of hydrogen-bond acceptors (Lipinski definition) is 8. The summed E-state index contributed by atoms with van der Waals surface area (Å²) in [6.45, 7) is 1.11. The average Bonchev–Trinajstić information content (AvgIpc) is 3.37. The van der Waals surface area contributed by atoms with E-state index in [1.807, 2.05) is 18.2 Å². The zero-order valence-corrected chi connectivity index (χ0v) is 19.3. The summed E-state index contributed by atoms with van der Waals surface area (Å²) < 4.78 is 12.2. The second-order valence-corrected chi connectivity index (χ2v) is 8.93. The first-order valence-corrected chi connectivity index (χ1v) is 11.9. The Morgan fingerprint density at radius 2 is 2.03 bits per heavy atom. The lowest BCUT2D eigenvalue weighted by molar-refractivity contribution is 0.0601. The summed E-state index contributed by atoms with van der Waals surface area (Å²) in [6.07, 6.45) is 1.83. The van der Waals surface area contributed by atoms with E-state index in [0.717, 1.165) is 12.8 Å². The number of rotatable bonds is 6. The van der Waals surface area contributed by atoms with Crippen molar-refractivity contribution in [3.05, 3.63) is 74.6 Å². The maximum absolute atomic E-state index is 13.2. The van der Waals surface area contributed by atoms with Crippen LogP contribution in [-0.2, 0) is 21.8 Å². The van der Waals surface area contributed by atoms with Crippen molar-refractivity contribution in [2.45, 2.75) is 36.4 Å². The summed E-state index contributed by atoms with van der Waals surface area (Å²) in [4.78, 5) is 49.7. The van der Waals surface area contributed by atoms with Gasteiger partial charge in [-0.1, -0.05) is 23.9 Å². The Kier molecular flexibility index (Phi) is 6.16. The third-order valence-corrected chi connectivity index (χ3v) is 6.74. The summed E-state index contributed by atoms with van der Waals surface area (Å²) in [6, 6.07) is 11.9. The van der Waals surface area contributed by atoms with E-state index in [1.165, 1.54) is 31.0 Å². The molecule has 1 saturated heterocycles. The summed E-state index contributed by atoms with van der Waals surface area (Å²) >= 11 is 1.32. The van der Waals surface area contributed by atoms with Crippen LogP contribution in [0.5, 0.6) is 0 Å². The van der Waals surface area contributed by atoms with Crippen LogP contribution in [0.15, 0.2) is 57.2 Å². The van der Waals surface area contributed by atoms with Gasteiger partial charge in [-0.15, -0.1) is 0 Å². The zero-order chi connectivity index (χ0) is 23.7. The van der Waals surface area contributed by atoms with Gasteiger partial charge in [0.25, 0.3) is 11.1 Å². The largest absolute Gasteiger partial charge is 0.465 e. The van der Waals surface area contributed by atoms with Crippen LogP contribution in [0, 0.1) is 0 Å². The van der Waals surface area contributed by atoms with Gasteiger partial charge in [-0.25, -0.2) is 14.8 Å². The molecule has 1 atom stereocenters. The van der Waals surface area contributed by atoms with Crippen molar-refractivity contribution < 1.29 is 14.3 Å². The fraction of sp³-hybridized carbons (Fsp3) is 0.292. The van der Waals surface area contributed by atoms with Gasteiger partial charge >= 0.3 is 5.97 Å². The predicted molar refractivity (Wildman–Crippen MR) is 128 cm³/mol. The van der Waals surface area contributed by atoms with Crippen molar-refractivity contribution >= 4 is 39.5 Å². The van der Waals surface area contributed by atoms with Crippen LogP contribution in [0.2, 0.25) is 0 Å². The minimum Gasteiger partial charge on any atom is -0.465 e. The van der Waals surface area contributed by atoms with Crippen LogP contribution in [0.1, 0.15) is 29.0 Å². The van der Waals surface area contributed by atoms with Crippen LogP contribution in [0.3, 0.4) is 0 Å². The van der Waals surface area contributed by atoms with E-state index in [2.05, 4.69) is 9.97 Å². The Balaban J connectivity index is 1.50. The van der Waals surface area contributed by atoms with E-state index in [1.54, 1.807) is 16.7 Å². The molecule has 3 heterocycles. The van der Waals surface area contributed by atoms with Gasteiger partial charge in [0.2, 0.25) is 0 Å². The standard InChI is InChI=1S/C24H22N4O5S/c1-32-23(31)14-8-9-16-19(11-14)25-20(27-21(16)29)13-34-24-26-18-7-3-2-6-17(18)22(30)28(24)12-15-5-4-10-33-15/h2-3,6-9,11,15H,4-5,10,12-13H2,1H3,(H,25,27,29). The first kappa shape index (κ1) is 22.3. The SMILES string of the molecule is COC(=O)c1ccc2c(=O)[nH]c(CSc3nc4ccccc4c(=O)n3CC3CCCO3)nc2c1.